The summed E-state index contributed by atoms with van der Waals surface area (Å²) >= 11 is 0. The number of allylic oxidation sites excluding steroid dienone is 8. The van der Waals surface area contributed by atoms with Crippen molar-refractivity contribution in [2.45, 2.75) is 12.5 Å². The minimum absolute atomic E-state index is 0.149. The molecule has 0 radical (unpaired) electrons. The van der Waals surface area contributed by atoms with Crippen molar-refractivity contribution in [1.82, 2.24) is 4.90 Å². The van der Waals surface area contributed by atoms with Crippen LogP contribution < -0.4 is 0 Å². The number of rotatable bonds is 7. The summed E-state index contributed by atoms with van der Waals surface area (Å²) in [4.78, 5) is 2.33. The molecule has 2 rings (SSSR count). The highest BCUT2D eigenvalue weighted by atomic mass is 16.5. The third-order valence-electron chi connectivity index (χ3n) is 4.33. The van der Waals surface area contributed by atoms with Crippen molar-refractivity contribution < 1.29 is 4.74 Å². The summed E-state index contributed by atoms with van der Waals surface area (Å²) in [7, 11) is 3.84. The average molecular weight is 333 g/mol. The molecule has 2 heteroatoms. The molecule has 25 heavy (non-hydrogen) atoms. The zero-order valence-electron chi connectivity index (χ0n) is 15.2. The van der Waals surface area contributed by atoms with E-state index in [1.165, 1.54) is 11.1 Å². The number of ether oxygens (including phenoxy) is 1. The van der Waals surface area contributed by atoms with Crippen LogP contribution in [0.15, 0.2) is 97.4 Å². The van der Waals surface area contributed by atoms with Crippen LogP contribution in [-0.4, -0.2) is 25.6 Å². The number of hydrogen-bond donors (Lipinski definition) is 0. The van der Waals surface area contributed by atoms with Crippen LogP contribution in [-0.2, 0) is 11.2 Å². The second kappa shape index (κ2) is 9.65. The Morgan fingerprint density at radius 1 is 1.12 bits per heavy atom. The molecule has 1 heterocycles. The highest BCUT2D eigenvalue weighted by Crippen LogP contribution is 2.36. The molecule has 0 bridgehead atoms. The van der Waals surface area contributed by atoms with Gasteiger partial charge >= 0.3 is 0 Å². The monoisotopic (exact) mass is 333 g/mol. The van der Waals surface area contributed by atoms with Gasteiger partial charge in [0.05, 0.1) is 13.2 Å². The maximum absolute atomic E-state index is 5.61. The summed E-state index contributed by atoms with van der Waals surface area (Å²) in [6, 6.07) is 8.75. The Bertz CT molecular complexity index is 721. The first kappa shape index (κ1) is 18.8. The van der Waals surface area contributed by atoms with Gasteiger partial charge in [0.25, 0.3) is 0 Å². The molecule has 1 aliphatic rings. The maximum Gasteiger partial charge on any atom is 0.123 e. The van der Waals surface area contributed by atoms with Gasteiger partial charge in [-0.3, -0.25) is 4.90 Å². The van der Waals surface area contributed by atoms with Gasteiger partial charge in [0.15, 0.2) is 0 Å². The standard InChI is InChI=1S/C23H27NO/c1-5-6-7-8-9-10-11-16-22(25-4)19(2)23-21-15-13-12-14-20(21)17-18-24(23)3/h5-16,23H,1-2,17-18H2,3-4H3/b7-6-,9-8-,11-10-,22-16+. The second-order valence-corrected chi connectivity index (χ2v) is 5.98. The summed E-state index contributed by atoms with van der Waals surface area (Å²) in [5, 5.41) is 0. The van der Waals surface area contributed by atoms with Crippen LogP contribution in [0.2, 0.25) is 0 Å². The Labute approximate surface area is 151 Å². The predicted octanol–water partition coefficient (Wildman–Crippen LogP) is 5.16. The highest BCUT2D eigenvalue weighted by Gasteiger charge is 2.28. The van der Waals surface area contributed by atoms with Crippen molar-refractivity contribution in [3.05, 3.63) is 108 Å². The minimum atomic E-state index is 0.149. The van der Waals surface area contributed by atoms with Crippen LogP contribution in [0.25, 0.3) is 0 Å². The Balaban J connectivity index is 2.17. The smallest absolute Gasteiger partial charge is 0.123 e. The lowest BCUT2D eigenvalue weighted by Crippen LogP contribution is -2.33. The molecule has 1 aliphatic heterocycles. The van der Waals surface area contributed by atoms with E-state index < -0.39 is 0 Å². The quantitative estimate of drug-likeness (QED) is 0.505. The number of benzene rings is 1. The summed E-state index contributed by atoms with van der Waals surface area (Å²) in [6.45, 7) is 8.99. The van der Waals surface area contributed by atoms with Gasteiger partial charge in [-0.25, -0.2) is 0 Å². The molecule has 0 aliphatic carbocycles. The van der Waals surface area contributed by atoms with E-state index in [0.717, 1.165) is 24.3 Å². The lowest BCUT2D eigenvalue weighted by Gasteiger charge is -2.36. The second-order valence-electron chi connectivity index (χ2n) is 5.98. The molecule has 0 fully saturated rings. The summed E-state index contributed by atoms with van der Waals surface area (Å²) in [6.07, 6.45) is 16.5. The fourth-order valence-electron chi connectivity index (χ4n) is 3.06. The molecule has 0 N–H and O–H groups in total. The lowest BCUT2D eigenvalue weighted by molar-refractivity contribution is 0.236. The fourth-order valence-corrected chi connectivity index (χ4v) is 3.06. The van der Waals surface area contributed by atoms with Crippen LogP contribution >= 0.6 is 0 Å². The van der Waals surface area contributed by atoms with Crippen LogP contribution in [0, 0.1) is 0 Å². The predicted molar refractivity (Wildman–Crippen MR) is 107 cm³/mol. The first-order valence-corrected chi connectivity index (χ1v) is 8.53. The number of nitrogens with zero attached hydrogens (tertiary/aromatic N) is 1. The van der Waals surface area contributed by atoms with Crippen molar-refractivity contribution in [2.75, 3.05) is 20.7 Å². The first-order chi connectivity index (χ1) is 12.2. The molecule has 0 saturated heterocycles. The molecule has 1 atom stereocenters. The third-order valence-corrected chi connectivity index (χ3v) is 4.33. The van der Waals surface area contributed by atoms with Crippen molar-refractivity contribution >= 4 is 0 Å². The van der Waals surface area contributed by atoms with Crippen molar-refractivity contribution in [1.29, 1.82) is 0 Å². The molecule has 1 aromatic carbocycles. The van der Waals surface area contributed by atoms with Gasteiger partial charge in [-0.2, -0.15) is 0 Å². The molecule has 0 spiro atoms. The minimum Gasteiger partial charge on any atom is -0.496 e. The van der Waals surface area contributed by atoms with Gasteiger partial charge in [-0.1, -0.05) is 80.0 Å². The van der Waals surface area contributed by atoms with E-state index in [1.807, 2.05) is 42.5 Å². The van der Waals surface area contributed by atoms with Gasteiger partial charge < -0.3 is 4.74 Å². The van der Waals surface area contributed by atoms with E-state index >= 15 is 0 Å². The highest BCUT2D eigenvalue weighted by molar-refractivity contribution is 5.43. The Hall–Kier alpha value is -2.58. The normalized spacial score (nSPS) is 18.8. The first-order valence-electron chi connectivity index (χ1n) is 8.53. The van der Waals surface area contributed by atoms with Gasteiger partial charge in [0.1, 0.15) is 5.76 Å². The number of fused-ring (bicyclic) bond motifs is 1. The Morgan fingerprint density at radius 2 is 1.80 bits per heavy atom. The zero-order valence-corrected chi connectivity index (χ0v) is 15.2. The number of likely N-dealkylation sites (N-methyl/N-ethyl adjacent to an activating group) is 1. The molecule has 2 nitrogen and oxygen atoms in total. The van der Waals surface area contributed by atoms with E-state index in [4.69, 9.17) is 4.74 Å². The van der Waals surface area contributed by atoms with E-state index in [9.17, 15) is 0 Å². The van der Waals surface area contributed by atoms with E-state index in [-0.39, 0.29) is 6.04 Å². The Kier molecular flexibility index (Phi) is 7.24. The summed E-state index contributed by atoms with van der Waals surface area (Å²) in [5.74, 6) is 0.805. The fraction of sp³-hybridized carbons (Fsp3) is 0.217. The van der Waals surface area contributed by atoms with Gasteiger partial charge in [0, 0.05) is 12.1 Å². The summed E-state index contributed by atoms with van der Waals surface area (Å²) < 4.78 is 5.61. The van der Waals surface area contributed by atoms with Crippen LogP contribution in [0.4, 0.5) is 0 Å². The van der Waals surface area contributed by atoms with Gasteiger partial charge in [-0.05, 0) is 30.7 Å². The van der Waals surface area contributed by atoms with Crippen molar-refractivity contribution in [3.63, 3.8) is 0 Å². The number of methoxy groups -OCH3 is 1. The lowest BCUT2D eigenvalue weighted by atomic mass is 9.88. The van der Waals surface area contributed by atoms with Crippen molar-refractivity contribution in [2.24, 2.45) is 0 Å². The van der Waals surface area contributed by atoms with Gasteiger partial charge in [-0.15, -0.1) is 0 Å². The van der Waals surface area contributed by atoms with Crippen molar-refractivity contribution in [3.8, 4) is 0 Å². The molecule has 0 aromatic heterocycles. The molecular formula is C23H27NO. The van der Waals surface area contributed by atoms with E-state index in [1.54, 1.807) is 13.2 Å². The Morgan fingerprint density at radius 3 is 2.52 bits per heavy atom. The van der Waals surface area contributed by atoms with Crippen LogP contribution in [0.1, 0.15) is 17.2 Å². The summed E-state index contributed by atoms with van der Waals surface area (Å²) in [5.41, 5.74) is 3.70. The van der Waals surface area contributed by atoms with E-state index in [0.29, 0.717) is 0 Å². The zero-order chi connectivity index (χ0) is 18.1. The van der Waals surface area contributed by atoms with Crippen LogP contribution in [0.3, 0.4) is 0 Å². The third kappa shape index (κ3) is 4.94. The number of hydrogen-bond acceptors (Lipinski definition) is 2. The van der Waals surface area contributed by atoms with Crippen LogP contribution in [0.5, 0.6) is 0 Å². The maximum atomic E-state index is 5.61. The molecule has 0 amide bonds. The van der Waals surface area contributed by atoms with E-state index in [2.05, 4.69) is 49.4 Å². The topological polar surface area (TPSA) is 12.5 Å². The largest absolute Gasteiger partial charge is 0.496 e. The molecule has 1 unspecified atom stereocenters. The van der Waals surface area contributed by atoms with Gasteiger partial charge in [0.2, 0.25) is 0 Å². The molecular weight excluding hydrogens is 306 g/mol. The average Bonchev–Trinajstić information content (AvgIpc) is 2.63. The SMILES string of the molecule is C=C\C=C/C=C\C=C/C=C(/OC)C(=C)C1c2ccccc2CCN1C. The molecule has 1 aromatic rings. The molecule has 130 valence electrons. The molecule has 0 saturated carbocycles.